The molecule has 2 aliphatic carbocycles. The predicted octanol–water partition coefficient (Wildman–Crippen LogP) is 3.16. The third-order valence-electron chi connectivity index (χ3n) is 4.00. The van der Waals surface area contributed by atoms with Crippen LogP contribution in [-0.4, -0.2) is 11.9 Å². The molecule has 0 saturated heterocycles. The van der Waals surface area contributed by atoms with Gasteiger partial charge in [-0.05, 0) is 56.1 Å². The van der Waals surface area contributed by atoms with E-state index in [9.17, 15) is 4.79 Å². The van der Waals surface area contributed by atoms with E-state index in [1.807, 2.05) is 0 Å². The lowest BCUT2D eigenvalue weighted by atomic mass is 10.1. The lowest BCUT2D eigenvalue weighted by Crippen LogP contribution is -2.32. The van der Waals surface area contributed by atoms with Gasteiger partial charge in [0, 0.05) is 10.9 Å². The predicted molar refractivity (Wildman–Crippen MR) is 70.6 cm³/mol. The summed E-state index contributed by atoms with van der Waals surface area (Å²) < 4.78 is 0. The smallest absolute Gasteiger partial charge is 0.261 e. The second-order valence-corrected chi connectivity index (χ2v) is 6.64. The molecular formula is C14H19NOS. The molecule has 17 heavy (non-hydrogen) atoms. The number of aryl methyl sites for hydroxylation is 2. The Bertz CT molecular complexity index is 416. The van der Waals surface area contributed by atoms with Gasteiger partial charge in [-0.3, -0.25) is 4.79 Å². The average Bonchev–Trinajstić information content (AvgIpc) is 2.92. The van der Waals surface area contributed by atoms with E-state index < -0.39 is 0 Å². The van der Waals surface area contributed by atoms with E-state index in [0.29, 0.717) is 6.04 Å². The quantitative estimate of drug-likeness (QED) is 0.857. The van der Waals surface area contributed by atoms with Crippen LogP contribution in [0.5, 0.6) is 0 Å². The fourth-order valence-electron chi connectivity index (χ4n) is 3.04. The zero-order valence-corrected chi connectivity index (χ0v) is 11.1. The lowest BCUT2D eigenvalue weighted by molar-refractivity contribution is 0.0941. The van der Waals surface area contributed by atoms with Crippen molar-refractivity contribution in [3.8, 4) is 0 Å². The third kappa shape index (κ3) is 2.25. The summed E-state index contributed by atoms with van der Waals surface area (Å²) in [6, 6.07) is 2.52. The number of rotatable bonds is 2. The molecule has 0 radical (unpaired) electrons. The maximum Gasteiger partial charge on any atom is 0.261 e. The van der Waals surface area contributed by atoms with Crippen LogP contribution >= 0.6 is 11.3 Å². The zero-order valence-electron chi connectivity index (χ0n) is 10.3. The highest BCUT2D eigenvalue weighted by Crippen LogP contribution is 2.31. The Morgan fingerprint density at radius 2 is 2.29 bits per heavy atom. The van der Waals surface area contributed by atoms with E-state index in [1.165, 1.54) is 36.1 Å². The van der Waals surface area contributed by atoms with E-state index >= 15 is 0 Å². The van der Waals surface area contributed by atoms with Crippen LogP contribution < -0.4 is 5.32 Å². The molecule has 0 bridgehead atoms. The van der Waals surface area contributed by atoms with Crippen LogP contribution in [0.15, 0.2) is 6.07 Å². The van der Waals surface area contributed by atoms with Crippen LogP contribution in [0.2, 0.25) is 0 Å². The first kappa shape index (κ1) is 11.3. The van der Waals surface area contributed by atoms with Crippen LogP contribution in [0, 0.1) is 5.92 Å². The van der Waals surface area contributed by atoms with Crippen molar-refractivity contribution >= 4 is 17.2 Å². The monoisotopic (exact) mass is 249 g/mol. The minimum atomic E-state index is 0.156. The summed E-state index contributed by atoms with van der Waals surface area (Å²) in [7, 11) is 0. The van der Waals surface area contributed by atoms with Crippen LogP contribution in [0.4, 0.5) is 0 Å². The van der Waals surface area contributed by atoms with Gasteiger partial charge in [0.25, 0.3) is 5.91 Å². The van der Waals surface area contributed by atoms with Gasteiger partial charge in [-0.15, -0.1) is 11.3 Å². The number of hydrogen-bond donors (Lipinski definition) is 1. The summed E-state index contributed by atoms with van der Waals surface area (Å²) >= 11 is 1.70. The molecule has 1 aromatic rings. The Labute approximate surface area is 106 Å². The SMILES string of the molecule is CC1CCC(NC(=O)c2cc3c(s2)CCC3)C1. The second kappa shape index (κ2) is 4.45. The Hall–Kier alpha value is -0.830. The van der Waals surface area contributed by atoms with Gasteiger partial charge in [0.15, 0.2) is 0 Å². The van der Waals surface area contributed by atoms with Gasteiger partial charge in [-0.1, -0.05) is 6.92 Å². The lowest BCUT2D eigenvalue weighted by Gasteiger charge is -2.11. The van der Waals surface area contributed by atoms with Crippen molar-refractivity contribution < 1.29 is 4.79 Å². The Kier molecular flexibility index (Phi) is 2.95. The third-order valence-corrected chi connectivity index (χ3v) is 5.24. The number of hydrogen-bond acceptors (Lipinski definition) is 2. The number of amides is 1. The molecule has 2 aliphatic rings. The summed E-state index contributed by atoms with van der Waals surface area (Å²) in [6.45, 7) is 2.27. The van der Waals surface area contributed by atoms with Gasteiger partial charge >= 0.3 is 0 Å². The fourth-order valence-corrected chi connectivity index (χ4v) is 4.19. The largest absolute Gasteiger partial charge is 0.349 e. The standard InChI is InChI=1S/C14H19NOS/c1-9-5-6-11(7-9)15-14(16)13-8-10-3-2-4-12(10)17-13/h8-9,11H,2-7H2,1H3,(H,15,16). The van der Waals surface area contributed by atoms with Crippen molar-refractivity contribution in [3.05, 3.63) is 21.4 Å². The fraction of sp³-hybridized carbons (Fsp3) is 0.643. The van der Waals surface area contributed by atoms with Crippen molar-refractivity contribution in [2.75, 3.05) is 0 Å². The number of carbonyl (C=O) groups is 1. The summed E-state index contributed by atoms with van der Waals surface area (Å²) in [5.74, 6) is 0.928. The molecule has 0 aromatic carbocycles. The summed E-state index contributed by atoms with van der Waals surface area (Å²) in [4.78, 5) is 14.5. The number of thiophene rings is 1. The average molecular weight is 249 g/mol. The Morgan fingerprint density at radius 1 is 1.41 bits per heavy atom. The molecule has 3 rings (SSSR count). The zero-order chi connectivity index (χ0) is 11.8. The molecule has 1 heterocycles. The summed E-state index contributed by atoms with van der Waals surface area (Å²) in [5.41, 5.74) is 1.42. The molecule has 2 unspecified atom stereocenters. The molecule has 92 valence electrons. The molecule has 0 aliphatic heterocycles. The maximum atomic E-state index is 12.1. The number of fused-ring (bicyclic) bond motifs is 1. The van der Waals surface area contributed by atoms with Crippen molar-refractivity contribution in [2.24, 2.45) is 5.92 Å². The van der Waals surface area contributed by atoms with E-state index in [4.69, 9.17) is 0 Å². The highest BCUT2D eigenvalue weighted by atomic mass is 32.1. The van der Waals surface area contributed by atoms with Crippen LogP contribution in [0.3, 0.4) is 0 Å². The van der Waals surface area contributed by atoms with Gasteiger partial charge in [-0.25, -0.2) is 0 Å². The van der Waals surface area contributed by atoms with Gasteiger partial charge < -0.3 is 5.32 Å². The van der Waals surface area contributed by atoms with E-state index in [2.05, 4.69) is 18.3 Å². The van der Waals surface area contributed by atoms with E-state index in [1.54, 1.807) is 11.3 Å². The second-order valence-electron chi connectivity index (χ2n) is 5.50. The summed E-state index contributed by atoms with van der Waals surface area (Å²) in [6.07, 6.45) is 7.16. The van der Waals surface area contributed by atoms with Crippen molar-refractivity contribution in [2.45, 2.75) is 51.5 Å². The minimum Gasteiger partial charge on any atom is -0.349 e. The molecular weight excluding hydrogens is 230 g/mol. The molecule has 1 amide bonds. The topological polar surface area (TPSA) is 29.1 Å². The van der Waals surface area contributed by atoms with Gasteiger partial charge in [-0.2, -0.15) is 0 Å². The maximum absolute atomic E-state index is 12.1. The van der Waals surface area contributed by atoms with Gasteiger partial charge in [0.05, 0.1) is 4.88 Å². The molecule has 1 N–H and O–H groups in total. The van der Waals surface area contributed by atoms with Gasteiger partial charge in [0.1, 0.15) is 0 Å². The first-order valence-corrected chi connectivity index (χ1v) is 7.46. The number of carbonyl (C=O) groups excluding carboxylic acids is 1. The first-order chi connectivity index (χ1) is 8.22. The van der Waals surface area contributed by atoms with Crippen LogP contribution in [0.25, 0.3) is 0 Å². The summed E-state index contributed by atoms with van der Waals surface area (Å²) in [5, 5.41) is 3.19. The van der Waals surface area contributed by atoms with Gasteiger partial charge in [0.2, 0.25) is 0 Å². The molecule has 1 fully saturated rings. The van der Waals surface area contributed by atoms with Crippen LogP contribution in [0.1, 0.15) is 52.7 Å². The molecule has 2 atom stereocenters. The molecule has 3 heteroatoms. The highest BCUT2D eigenvalue weighted by Gasteiger charge is 2.24. The Balaban J connectivity index is 1.65. The molecule has 1 aromatic heterocycles. The number of nitrogens with one attached hydrogen (secondary N) is 1. The van der Waals surface area contributed by atoms with E-state index in [-0.39, 0.29) is 5.91 Å². The molecule has 1 saturated carbocycles. The van der Waals surface area contributed by atoms with E-state index in [0.717, 1.165) is 23.6 Å². The Morgan fingerprint density at radius 3 is 3.00 bits per heavy atom. The van der Waals surface area contributed by atoms with Crippen LogP contribution in [-0.2, 0) is 12.8 Å². The molecule has 2 nitrogen and oxygen atoms in total. The highest BCUT2D eigenvalue weighted by molar-refractivity contribution is 7.14. The van der Waals surface area contributed by atoms with Crippen molar-refractivity contribution in [1.82, 2.24) is 5.32 Å². The van der Waals surface area contributed by atoms with Crippen molar-refractivity contribution in [1.29, 1.82) is 0 Å². The minimum absolute atomic E-state index is 0.156. The normalized spacial score (nSPS) is 27.1. The first-order valence-electron chi connectivity index (χ1n) is 6.65. The molecule has 0 spiro atoms. The van der Waals surface area contributed by atoms with Crippen molar-refractivity contribution in [3.63, 3.8) is 0 Å².